The summed E-state index contributed by atoms with van der Waals surface area (Å²) in [6, 6.07) is 4.34. The van der Waals surface area contributed by atoms with E-state index in [1.807, 2.05) is 0 Å². The van der Waals surface area contributed by atoms with E-state index in [9.17, 15) is 14.0 Å². The highest BCUT2D eigenvalue weighted by Crippen LogP contribution is 2.25. The minimum atomic E-state index is -0.643. The summed E-state index contributed by atoms with van der Waals surface area (Å²) in [5, 5.41) is 2.66. The zero-order chi connectivity index (χ0) is 17.4. The molecule has 130 valence electrons. The van der Waals surface area contributed by atoms with E-state index >= 15 is 0 Å². The van der Waals surface area contributed by atoms with Crippen molar-refractivity contribution in [2.45, 2.75) is 18.9 Å². The number of pyridine rings is 2. The summed E-state index contributed by atoms with van der Waals surface area (Å²) < 4.78 is 21.3. The number of hydrogen-bond acceptors (Lipinski definition) is 5. The van der Waals surface area contributed by atoms with Gasteiger partial charge in [-0.05, 0) is 25.0 Å². The number of ether oxygens (including phenoxy) is 1. The summed E-state index contributed by atoms with van der Waals surface area (Å²) in [5.74, 6) is -0.764. The molecule has 25 heavy (non-hydrogen) atoms. The van der Waals surface area contributed by atoms with Crippen molar-refractivity contribution in [3.05, 3.63) is 51.1 Å². The quantitative estimate of drug-likeness (QED) is 0.669. The van der Waals surface area contributed by atoms with Crippen molar-refractivity contribution in [2.24, 2.45) is 0 Å². The van der Waals surface area contributed by atoms with Crippen LogP contribution in [0.3, 0.4) is 0 Å². The Bertz CT molecular complexity index is 1030. The van der Waals surface area contributed by atoms with E-state index in [-0.39, 0.29) is 28.9 Å². The third kappa shape index (κ3) is 2.82. The summed E-state index contributed by atoms with van der Waals surface area (Å²) in [7, 11) is 0. The van der Waals surface area contributed by atoms with Gasteiger partial charge in [0.25, 0.3) is 5.56 Å². The largest absolute Gasteiger partial charge is 0.381 e. The summed E-state index contributed by atoms with van der Waals surface area (Å²) >= 11 is 0. The molecule has 1 aliphatic rings. The maximum absolute atomic E-state index is 14.5. The maximum atomic E-state index is 14.5. The Kier molecular flexibility index (Phi) is 3.85. The highest BCUT2D eigenvalue weighted by Gasteiger charge is 2.22. The van der Waals surface area contributed by atoms with Gasteiger partial charge in [0.15, 0.2) is 17.3 Å². The molecule has 4 rings (SSSR count). The second kappa shape index (κ2) is 6.17. The average molecular weight is 345 g/mol. The second-order valence-electron chi connectivity index (χ2n) is 5.87. The van der Waals surface area contributed by atoms with Crippen LogP contribution in [0.15, 0.2) is 34.0 Å². The van der Waals surface area contributed by atoms with Crippen molar-refractivity contribution in [2.75, 3.05) is 18.5 Å². The Labute approximate surface area is 140 Å². The first-order chi connectivity index (χ1) is 12.1. The Hall–Kier alpha value is -2.94. The Balaban J connectivity index is 1.77. The normalized spacial score (nSPS) is 15.6. The summed E-state index contributed by atoms with van der Waals surface area (Å²) in [6.07, 6.45) is 2.85. The van der Waals surface area contributed by atoms with Crippen LogP contribution in [0.1, 0.15) is 18.9 Å². The topological polar surface area (TPSA) is 105 Å². The van der Waals surface area contributed by atoms with Crippen LogP contribution in [0.4, 0.5) is 15.9 Å². The molecule has 0 aliphatic carbocycles. The lowest BCUT2D eigenvalue weighted by molar-refractivity contribution is 0.0698. The average Bonchev–Trinajstić information content (AvgIpc) is 2.92. The van der Waals surface area contributed by atoms with Crippen molar-refractivity contribution in [1.29, 1.82) is 0 Å². The number of aromatic amines is 2. The maximum Gasteiger partial charge on any atom is 0.327 e. The third-order valence-corrected chi connectivity index (χ3v) is 4.29. The van der Waals surface area contributed by atoms with Gasteiger partial charge >= 0.3 is 5.69 Å². The Morgan fingerprint density at radius 3 is 2.88 bits per heavy atom. The van der Waals surface area contributed by atoms with Crippen molar-refractivity contribution >= 4 is 22.7 Å². The van der Waals surface area contributed by atoms with Crippen LogP contribution in [0, 0.1) is 5.82 Å². The number of rotatable bonds is 3. The van der Waals surface area contributed by atoms with Gasteiger partial charge in [0.1, 0.15) is 5.69 Å². The molecule has 3 aromatic rings. The molecule has 4 heterocycles. The van der Waals surface area contributed by atoms with Gasteiger partial charge in [-0.15, -0.1) is 0 Å². The predicted molar refractivity (Wildman–Crippen MR) is 89.7 cm³/mol. The van der Waals surface area contributed by atoms with Crippen molar-refractivity contribution in [1.82, 2.24) is 19.5 Å². The molecule has 0 saturated carbocycles. The molecule has 0 radical (unpaired) electrons. The second-order valence-corrected chi connectivity index (χ2v) is 5.87. The van der Waals surface area contributed by atoms with Gasteiger partial charge in [0.05, 0.1) is 5.52 Å². The lowest BCUT2D eigenvalue weighted by Crippen LogP contribution is -2.27. The van der Waals surface area contributed by atoms with Gasteiger partial charge < -0.3 is 15.0 Å². The van der Waals surface area contributed by atoms with Crippen LogP contribution in [0.25, 0.3) is 11.2 Å². The van der Waals surface area contributed by atoms with Crippen LogP contribution in [-0.2, 0) is 4.74 Å². The minimum Gasteiger partial charge on any atom is -0.381 e. The zero-order valence-corrected chi connectivity index (χ0v) is 13.2. The molecule has 1 aliphatic heterocycles. The smallest absolute Gasteiger partial charge is 0.327 e. The number of halogens is 1. The highest BCUT2D eigenvalue weighted by atomic mass is 19.1. The van der Waals surface area contributed by atoms with Crippen molar-refractivity contribution in [3.63, 3.8) is 0 Å². The van der Waals surface area contributed by atoms with Crippen LogP contribution in [0.2, 0.25) is 0 Å². The van der Waals surface area contributed by atoms with Gasteiger partial charge in [-0.25, -0.2) is 14.2 Å². The molecule has 0 amide bonds. The molecule has 0 spiro atoms. The summed E-state index contributed by atoms with van der Waals surface area (Å²) in [4.78, 5) is 33.3. The van der Waals surface area contributed by atoms with Gasteiger partial charge in [0.2, 0.25) is 0 Å². The van der Waals surface area contributed by atoms with Crippen LogP contribution >= 0.6 is 0 Å². The highest BCUT2D eigenvalue weighted by molar-refractivity contribution is 5.75. The zero-order valence-electron chi connectivity index (χ0n) is 13.2. The van der Waals surface area contributed by atoms with Crippen molar-refractivity contribution in [3.8, 4) is 0 Å². The number of imidazole rings is 1. The van der Waals surface area contributed by atoms with Gasteiger partial charge in [-0.1, -0.05) is 0 Å². The van der Waals surface area contributed by atoms with Gasteiger partial charge in [0, 0.05) is 31.5 Å². The first-order valence-corrected chi connectivity index (χ1v) is 7.97. The van der Waals surface area contributed by atoms with Crippen LogP contribution in [-0.4, -0.2) is 32.7 Å². The molecule has 1 fully saturated rings. The lowest BCUT2D eigenvalue weighted by Gasteiger charge is -2.23. The summed E-state index contributed by atoms with van der Waals surface area (Å²) in [6.45, 7) is 1.13. The molecule has 0 aromatic carbocycles. The fourth-order valence-electron chi connectivity index (χ4n) is 3.07. The summed E-state index contributed by atoms with van der Waals surface area (Å²) in [5.41, 5.74) is 0.120. The van der Waals surface area contributed by atoms with E-state index in [2.05, 4.69) is 20.3 Å². The first kappa shape index (κ1) is 15.6. The molecule has 0 atom stereocenters. The standard InChI is InChI=1S/C16H16FN5O3/c17-10-8-12-14(20-13(10)19-11-2-1-5-18-15(11)23)21-16(24)22(12)9-3-6-25-7-4-9/h1-2,5,8-9H,3-4,6-7H2,(H,18,23)(H2,19,20,21,24). The van der Waals surface area contributed by atoms with Crippen LogP contribution in [0.5, 0.6) is 0 Å². The molecular formula is C16H16FN5O3. The number of hydrogen-bond donors (Lipinski definition) is 3. The van der Waals surface area contributed by atoms with Gasteiger partial charge in [-0.3, -0.25) is 14.3 Å². The first-order valence-electron chi connectivity index (χ1n) is 7.97. The molecule has 0 bridgehead atoms. The molecule has 9 heteroatoms. The number of anilines is 2. The van der Waals surface area contributed by atoms with Gasteiger partial charge in [-0.2, -0.15) is 0 Å². The Morgan fingerprint density at radius 2 is 2.12 bits per heavy atom. The number of aromatic nitrogens is 4. The van der Waals surface area contributed by atoms with E-state index in [1.54, 1.807) is 6.07 Å². The predicted octanol–water partition coefficient (Wildman–Crippen LogP) is 1.65. The number of fused-ring (bicyclic) bond motifs is 1. The molecule has 8 nitrogen and oxygen atoms in total. The molecule has 3 aromatic heterocycles. The van der Waals surface area contributed by atoms with Crippen molar-refractivity contribution < 1.29 is 9.13 Å². The lowest BCUT2D eigenvalue weighted by atomic mass is 10.1. The van der Waals surface area contributed by atoms with E-state index < -0.39 is 11.4 Å². The van der Waals surface area contributed by atoms with E-state index in [0.29, 0.717) is 31.6 Å². The Morgan fingerprint density at radius 1 is 1.32 bits per heavy atom. The fraction of sp³-hybridized carbons (Fsp3) is 0.312. The molecule has 3 N–H and O–H groups in total. The molecular weight excluding hydrogens is 329 g/mol. The SMILES string of the molecule is O=c1[nH]cccc1Nc1nc2[nH]c(=O)n(C3CCOCC3)c2cc1F. The van der Waals surface area contributed by atoms with E-state index in [0.717, 1.165) is 0 Å². The minimum absolute atomic E-state index is 0.0491. The number of H-pyrrole nitrogens is 2. The number of nitrogens with one attached hydrogen (secondary N) is 3. The number of nitrogens with zero attached hydrogens (tertiary/aromatic N) is 2. The monoisotopic (exact) mass is 345 g/mol. The molecule has 1 saturated heterocycles. The molecule has 0 unspecified atom stereocenters. The van der Waals surface area contributed by atoms with E-state index in [1.165, 1.54) is 22.9 Å². The third-order valence-electron chi connectivity index (χ3n) is 4.29. The van der Waals surface area contributed by atoms with E-state index in [4.69, 9.17) is 4.74 Å². The van der Waals surface area contributed by atoms with Crippen LogP contribution < -0.4 is 16.6 Å². The fourth-order valence-corrected chi connectivity index (χ4v) is 3.07.